The van der Waals surface area contributed by atoms with Gasteiger partial charge in [0.25, 0.3) is 0 Å². The van der Waals surface area contributed by atoms with E-state index in [0.717, 1.165) is 0 Å². The van der Waals surface area contributed by atoms with E-state index in [9.17, 15) is 0 Å². The predicted octanol–water partition coefficient (Wildman–Crippen LogP) is 0.478. The molecule has 0 amide bonds. The Kier molecular flexibility index (Phi) is 7.37. The van der Waals surface area contributed by atoms with E-state index >= 15 is 0 Å². The van der Waals surface area contributed by atoms with Gasteiger partial charge in [0, 0.05) is 0 Å². The molecule has 0 aromatic carbocycles. The Morgan fingerprint density at radius 2 is 1.90 bits per heavy atom. The lowest BCUT2D eigenvalue weighted by Crippen LogP contribution is -2.04. The Morgan fingerprint density at radius 1 is 1.40 bits per heavy atom. The number of ether oxygens (including phenoxy) is 2. The summed E-state index contributed by atoms with van der Waals surface area (Å²) in [7, 11) is 2.82. The first kappa shape index (κ1) is 11.8. The average Bonchev–Trinajstić information content (AvgIpc) is 1.87. The van der Waals surface area contributed by atoms with Gasteiger partial charge in [0.1, 0.15) is 0 Å². The summed E-state index contributed by atoms with van der Waals surface area (Å²) in [5.74, 6) is 0.149. The molecule has 0 fully saturated rings. The Hall–Kier alpha value is -0.900. The minimum Gasteiger partial charge on any atom is -0.483 e. The topological polar surface area (TPSA) is 68.3 Å². The molecule has 4 nitrogen and oxygen atoms in total. The third kappa shape index (κ3) is 5.24. The van der Waals surface area contributed by atoms with Crippen molar-refractivity contribution in [1.29, 1.82) is 5.41 Å². The van der Waals surface area contributed by atoms with Gasteiger partial charge in [0.2, 0.25) is 5.90 Å². The second-order valence-electron chi connectivity index (χ2n) is 1.32. The Bertz CT molecular complexity index is 136. The summed E-state index contributed by atoms with van der Waals surface area (Å²) in [6, 6.07) is 0. The number of halogens is 1. The number of hydrogen-bond acceptors (Lipinski definition) is 4. The van der Waals surface area contributed by atoms with E-state index in [0.29, 0.717) is 0 Å². The van der Waals surface area contributed by atoms with Crippen molar-refractivity contribution >= 4 is 18.3 Å². The van der Waals surface area contributed by atoms with Crippen LogP contribution in [-0.2, 0) is 9.47 Å². The van der Waals surface area contributed by atoms with E-state index in [2.05, 4.69) is 9.47 Å². The lowest BCUT2D eigenvalue weighted by Gasteiger charge is -1.97. The molecule has 0 radical (unpaired) electrons. The molecule has 0 saturated heterocycles. The maximum absolute atomic E-state index is 6.91. The summed E-state index contributed by atoms with van der Waals surface area (Å²) in [5, 5.41) is 6.91. The minimum absolute atomic E-state index is 0. The van der Waals surface area contributed by atoms with Gasteiger partial charge in [-0.3, -0.25) is 5.41 Å². The summed E-state index contributed by atoms with van der Waals surface area (Å²) < 4.78 is 9.01. The highest BCUT2D eigenvalue weighted by Crippen LogP contribution is 1.84. The molecule has 0 saturated carbocycles. The fraction of sp³-hybridized carbons (Fsp3) is 0.400. The Morgan fingerprint density at radius 3 is 2.20 bits per heavy atom. The quantitative estimate of drug-likeness (QED) is 0.356. The van der Waals surface area contributed by atoms with Crippen LogP contribution in [0.2, 0.25) is 0 Å². The molecular formula is C5H11ClN2O2. The fourth-order valence-corrected chi connectivity index (χ4v) is 0.247. The Balaban J connectivity index is 0. The second kappa shape index (κ2) is 6.22. The van der Waals surface area contributed by atoms with Crippen molar-refractivity contribution in [2.45, 2.75) is 0 Å². The van der Waals surface area contributed by atoms with Crippen LogP contribution >= 0.6 is 12.4 Å². The van der Waals surface area contributed by atoms with Crippen molar-refractivity contribution in [2.75, 3.05) is 14.2 Å². The first-order valence-corrected chi connectivity index (χ1v) is 2.34. The molecule has 10 heavy (non-hydrogen) atoms. The molecule has 5 heteroatoms. The van der Waals surface area contributed by atoms with E-state index in [-0.39, 0.29) is 24.2 Å². The molecule has 0 spiro atoms. The molecule has 3 N–H and O–H groups in total. The van der Waals surface area contributed by atoms with Crippen LogP contribution in [0.1, 0.15) is 0 Å². The monoisotopic (exact) mass is 166 g/mol. The van der Waals surface area contributed by atoms with Gasteiger partial charge in [0.05, 0.1) is 20.3 Å². The van der Waals surface area contributed by atoms with Crippen LogP contribution in [0.15, 0.2) is 12.0 Å². The zero-order valence-corrected chi connectivity index (χ0v) is 6.70. The van der Waals surface area contributed by atoms with Gasteiger partial charge < -0.3 is 15.2 Å². The number of nitrogens with two attached hydrogens (primary N) is 1. The molecule has 0 heterocycles. The third-order valence-corrected chi connectivity index (χ3v) is 0.729. The van der Waals surface area contributed by atoms with Crippen LogP contribution in [0.3, 0.4) is 0 Å². The summed E-state index contributed by atoms with van der Waals surface area (Å²) in [6.45, 7) is 0. The molecular weight excluding hydrogens is 156 g/mol. The van der Waals surface area contributed by atoms with Gasteiger partial charge in [-0.05, 0) is 0 Å². The van der Waals surface area contributed by atoms with Gasteiger partial charge in [-0.1, -0.05) is 0 Å². The number of nitrogens with one attached hydrogen (secondary N) is 1. The molecule has 0 aliphatic carbocycles. The second-order valence-corrected chi connectivity index (χ2v) is 1.32. The predicted molar refractivity (Wildman–Crippen MR) is 41.3 cm³/mol. The minimum atomic E-state index is -0.0191. The zero-order chi connectivity index (χ0) is 7.28. The van der Waals surface area contributed by atoms with Crippen molar-refractivity contribution in [1.82, 2.24) is 0 Å². The smallest absolute Gasteiger partial charge is 0.210 e. The van der Waals surface area contributed by atoms with Gasteiger partial charge in [-0.15, -0.1) is 12.4 Å². The van der Waals surface area contributed by atoms with E-state index in [1.807, 2.05) is 0 Å². The van der Waals surface area contributed by atoms with Crippen LogP contribution in [0.5, 0.6) is 0 Å². The summed E-state index contributed by atoms with van der Waals surface area (Å²) >= 11 is 0. The van der Waals surface area contributed by atoms with Crippen LogP contribution in [0, 0.1) is 5.41 Å². The average molecular weight is 167 g/mol. The molecule has 0 aromatic rings. The van der Waals surface area contributed by atoms with Gasteiger partial charge in [-0.2, -0.15) is 0 Å². The third-order valence-electron chi connectivity index (χ3n) is 0.729. The van der Waals surface area contributed by atoms with E-state index in [4.69, 9.17) is 11.1 Å². The summed E-state index contributed by atoms with van der Waals surface area (Å²) in [4.78, 5) is 0. The van der Waals surface area contributed by atoms with Crippen LogP contribution < -0.4 is 5.73 Å². The first-order chi connectivity index (χ1) is 4.20. The number of hydrogen-bond donors (Lipinski definition) is 2. The molecule has 0 aliphatic heterocycles. The molecule has 0 aliphatic rings. The summed E-state index contributed by atoms with van der Waals surface area (Å²) in [5.41, 5.74) is 5.17. The lowest BCUT2D eigenvalue weighted by atomic mass is 10.6. The van der Waals surface area contributed by atoms with Crippen molar-refractivity contribution in [3.63, 3.8) is 0 Å². The maximum atomic E-state index is 6.91. The van der Waals surface area contributed by atoms with E-state index < -0.39 is 0 Å². The molecule has 0 atom stereocenters. The fourth-order valence-electron chi connectivity index (χ4n) is 0.247. The maximum Gasteiger partial charge on any atom is 0.210 e. The van der Waals surface area contributed by atoms with E-state index in [1.165, 1.54) is 20.3 Å². The molecule has 0 aromatic heterocycles. The van der Waals surface area contributed by atoms with Crippen molar-refractivity contribution in [3.05, 3.63) is 12.0 Å². The first-order valence-electron chi connectivity index (χ1n) is 2.34. The van der Waals surface area contributed by atoms with Crippen molar-refractivity contribution < 1.29 is 9.47 Å². The highest BCUT2D eigenvalue weighted by molar-refractivity contribution is 5.85. The van der Waals surface area contributed by atoms with Crippen LogP contribution in [0.25, 0.3) is 0 Å². The SMILES string of the molecule is COC(=N)C=C(N)OC.Cl. The highest BCUT2D eigenvalue weighted by Gasteiger charge is 1.89. The van der Waals surface area contributed by atoms with Crippen molar-refractivity contribution in [3.8, 4) is 0 Å². The highest BCUT2D eigenvalue weighted by atomic mass is 35.5. The van der Waals surface area contributed by atoms with Gasteiger partial charge in [-0.25, -0.2) is 0 Å². The summed E-state index contributed by atoms with van der Waals surface area (Å²) in [6.07, 6.45) is 1.28. The normalized spacial score (nSPS) is 9.60. The molecule has 0 unspecified atom stereocenters. The Labute approximate surface area is 65.9 Å². The van der Waals surface area contributed by atoms with Crippen molar-refractivity contribution in [2.24, 2.45) is 5.73 Å². The van der Waals surface area contributed by atoms with E-state index in [1.54, 1.807) is 0 Å². The standard InChI is InChI=1S/C5H10N2O2.ClH/c1-8-4(6)3-5(7)9-2;/h3,6H,7H2,1-2H3;1H. The molecule has 0 bridgehead atoms. The largest absolute Gasteiger partial charge is 0.483 e. The lowest BCUT2D eigenvalue weighted by molar-refractivity contribution is 0.286. The van der Waals surface area contributed by atoms with Gasteiger partial charge >= 0.3 is 0 Å². The zero-order valence-electron chi connectivity index (χ0n) is 5.88. The van der Waals surface area contributed by atoms with Crippen LogP contribution in [-0.4, -0.2) is 20.1 Å². The molecule has 0 rings (SSSR count). The van der Waals surface area contributed by atoms with Crippen LogP contribution in [0.4, 0.5) is 0 Å². The molecule has 60 valence electrons. The number of rotatable bonds is 2. The van der Waals surface area contributed by atoms with Gasteiger partial charge in [0.15, 0.2) is 5.88 Å². The number of methoxy groups -OCH3 is 2.